The standard InChI is InChI=1S/C29H23Cl2NO5/c30-20-10-12-23(25(31)15-20)26(33)16-37-29(36)19-7-4-8-21(13-19)32-27(34)22-11-9-18(14-24(22)28(32)35)17-5-2-1-3-6-17/h1-8,10,12-13,15,18,22,24H,9,11,14,16H2/t18-,22-,24-/m1/s1. The number of nitrogens with zero attached hydrogens (tertiary/aromatic N) is 1. The number of ketones is 1. The van der Waals surface area contributed by atoms with E-state index in [0.717, 1.165) is 6.42 Å². The highest BCUT2D eigenvalue weighted by molar-refractivity contribution is 6.36. The second-order valence-corrected chi connectivity index (χ2v) is 10.2. The molecular formula is C29H23Cl2NO5. The summed E-state index contributed by atoms with van der Waals surface area (Å²) in [5, 5.41) is 0.550. The fourth-order valence-corrected chi connectivity index (χ4v) is 5.76. The topological polar surface area (TPSA) is 80.8 Å². The number of ether oxygens (including phenoxy) is 1. The minimum Gasteiger partial charge on any atom is -0.454 e. The fraction of sp³-hybridized carbons (Fsp3) is 0.241. The second kappa shape index (κ2) is 10.5. The molecule has 0 unspecified atom stereocenters. The summed E-state index contributed by atoms with van der Waals surface area (Å²) in [6.07, 6.45) is 2.10. The molecule has 2 fully saturated rings. The first kappa shape index (κ1) is 25.2. The zero-order valence-corrected chi connectivity index (χ0v) is 21.2. The van der Waals surface area contributed by atoms with Crippen LogP contribution >= 0.6 is 23.2 Å². The number of anilines is 1. The molecule has 1 saturated carbocycles. The van der Waals surface area contributed by atoms with E-state index in [-0.39, 0.29) is 45.7 Å². The molecule has 1 saturated heterocycles. The summed E-state index contributed by atoms with van der Waals surface area (Å²) in [7, 11) is 0. The van der Waals surface area contributed by atoms with Crippen LogP contribution in [0.5, 0.6) is 0 Å². The van der Waals surface area contributed by atoms with Gasteiger partial charge in [-0.25, -0.2) is 4.79 Å². The normalized spacial score (nSPS) is 21.0. The minimum absolute atomic E-state index is 0.130. The number of carbonyl (C=O) groups excluding carboxylic acids is 4. The molecule has 188 valence electrons. The van der Waals surface area contributed by atoms with Gasteiger partial charge in [0.25, 0.3) is 0 Å². The number of fused-ring (bicyclic) bond motifs is 1. The van der Waals surface area contributed by atoms with Gasteiger partial charge in [-0.2, -0.15) is 0 Å². The van der Waals surface area contributed by atoms with Crippen LogP contribution in [0.15, 0.2) is 72.8 Å². The Hall–Kier alpha value is -3.48. The van der Waals surface area contributed by atoms with E-state index in [1.807, 2.05) is 18.2 Å². The predicted octanol–water partition coefficient (Wildman–Crippen LogP) is 6.11. The van der Waals surface area contributed by atoms with E-state index in [0.29, 0.717) is 23.6 Å². The van der Waals surface area contributed by atoms with Crippen molar-refractivity contribution in [3.05, 3.63) is 99.5 Å². The smallest absolute Gasteiger partial charge is 0.338 e. The molecule has 3 aromatic carbocycles. The van der Waals surface area contributed by atoms with E-state index >= 15 is 0 Å². The van der Waals surface area contributed by atoms with Crippen LogP contribution in [0.3, 0.4) is 0 Å². The van der Waals surface area contributed by atoms with Crippen LogP contribution in [-0.2, 0) is 14.3 Å². The van der Waals surface area contributed by atoms with Crippen molar-refractivity contribution in [1.29, 1.82) is 0 Å². The van der Waals surface area contributed by atoms with Gasteiger partial charge in [-0.05, 0) is 67.1 Å². The molecule has 2 aliphatic rings. The van der Waals surface area contributed by atoms with Crippen molar-refractivity contribution < 1.29 is 23.9 Å². The highest BCUT2D eigenvalue weighted by Crippen LogP contribution is 2.45. The molecule has 0 N–H and O–H groups in total. The summed E-state index contributed by atoms with van der Waals surface area (Å²) in [4.78, 5) is 52.9. The van der Waals surface area contributed by atoms with Crippen molar-refractivity contribution in [3.63, 3.8) is 0 Å². The average Bonchev–Trinajstić information content (AvgIpc) is 3.16. The second-order valence-electron chi connectivity index (χ2n) is 9.32. The van der Waals surface area contributed by atoms with Crippen LogP contribution in [0, 0.1) is 11.8 Å². The molecule has 37 heavy (non-hydrogen) atoms. The quantitative estimate of drug-likeness (QED) is 0.216. The fourth-order valence-electron chi connectivity index (χ4n) is 5.24. The van der Waals surface area contributed by atoms with Crippen molar-refractivity contribution in [3.8, 4) is 0 Å². The zero-order valence-electron chi connectivity index (χ0n) is 19.7. The van der Waals surface area contributed by atoms with Crippen molar-refractivity contribution in [2.45, 2.75) is 25.2 Å². The summed E-state index contributed by atoms with van der Waals surface area (Å²) in [6, 6.07) is 20.6. The Bertz CT molecular complexity index is 1390. The summed E-state index contributed by atoms with van der Waals surface area (Å²) in [5.74, 6) is -2.22. The molecule has 1 aliphatic heterocycles. The lowest BCUT2D eigenvalue weighted by Crippen LogP contribution is -2.31. The van der Waals surface area contributed by atoms with Gasteiger partial charge in [0.1, 0.15) is 0 Å². The van der Waals surface area contributed by atoms with Crippen LogP contribution < -0.4 is 4.90 Å². The van der Waals surface area contributed by atoms with Gasteiger partial charge in [-0.1, -0.05) is 59.6 Å². The van der Waals surface area contributed by atoms with E-state index in [2.05, 4.69) is 12.1 Å². The van der Waals surface area contributed by atoms with E-state index < -0.39 is 18.4 Å². The molecule has 1 heterocycles. The lowest BCUT2D eigenvalue weighted by Gasteiger charge is -2.28. The summed E-state index contributed by atoms with van der Waals surface area (Å²) in [6.45, 7) is -0.517. The number of halogens is 2. The van der Waals surface area contributed by atoms with Gasteiger partial charge in [0.15, 0.2) is 6.61 Å². The number of hydrogen-bond acceptors (Lipinski definition) is 5. The molecular weight excluding hydrogens is 513 g/mol. The zero-order chi connectivity index (χ0) is 26.1. The third-order valence-corrected chi connectivity index (χ3v) is 7.65. The lowest BCUT2D eigenvalue weighted by atomic mass is 9.73. The predicted molar refractivity (Wildman–Crippen MR) is 140 cm³/mol. The molecule has 0 aromatic heterocycles. The largest absolute Gasteiger partial charge is 0.454 e. The van der Waals surface area contributed by atoms with Gasteiger partial charge in [-0.3, -0.25) is 19.3 Å². The summed E-state index contributed by atoms with van der Waals surface area (Å²) in [5.41, 5.74) is 1.82. The summed E-state index contributed by atoms with van der Waals surface area (Å²) < 4.78 is 5.19. The molecule has 3 atom stereocenters. The molecule has 0 bridgehead atoms. The maximum Gasteiger partial charge on any atom is 0.338 e. The van der Waals surface area contributed by atoms with Gasteiger partial charge >= 0.3 is 5.97 Å². The Morgan fingerprint density at radius 2 is 1.62 bits per heavy atom. The van der Waals surface area contributed by atoms with Crippen LogP contribution in [-0.4, -0.2) is 30.2 Å². The van der Waals surface area contributed by atoms with E-state index in [1.165, 1.54) is 40.8 Å². The van der Waals surface area contributed by atoms with Gasteiger partial charge in [0.2, 0.25) is 17.6 Å². The van der Waals surface area contributed by atoms with Crippen molar-refractivity contribution in [1.82, 2.24) is 0 Å². The highest BCUT2D eigenvalue weighted by Gasteiger charge is 2.50. The number of Topliss-reactive ketones (excluding diaryl/α,β-unsaturated/α-hetero) is 1. The van der Waals surface area contributed by atoms with Crippen molar-refractivity contribution in [2.75, 3.05) is 11.5 Å². The molecule has 5 rings (SSSR count). The Morgan fingerprint density at radius 3 is 2.38 bits per heavy atom. The third-order valence-electron chi connectivity index (χ3n) is 7.10. The first-order valence-corrected chi connectivity index (χ1v) is 12.8. The SMILES string of the molecule is O=C(OCC(=O)c1ccc(Cl)cc1Cl)c1cccc(N2C(=O)[C@@H]3CC[C@@H](c4ccccc4)C[C@H]3C2=O)c1. The molecule has 6 nitrogen and oxygen atoms in total. The number of benzene rings is 3. The summed E-state index contributed by atoms with van der Waals surface area (Å²) >= 11 is 11.9. The minimum atomic E-state index is -0.749. The monoisotopic (exact) mass is 535 g/mol. The first-order chi connectivity index (χ1) is 17.8. The van der Waals surface area contributed by atoms with Gasteiger partial charge in [0, 0.05) is 10.6 Å². The molecule has 2 amide bonds. The average molecular weight is 536 g/mol. The van der Waals surface area contributed by atoms with Crippen LogP contribution in [0.4, 0.5) is 5.69 Å². The highest BCUT2D eigenvalue weighted by atomic mass is 35.5. The molecule has 1 aliphatic carbocycles. The number of rotatable bonds is 6. The Kier molecular flexibility index (Phi) is 7.13. The molecule has 0 radical (unpaired) electrons. The van der Waals surface area contributed by atoms with E-state index in [1.54, 1.807) is 12.1 Å². The first-order valence-electron chi connectivity index (χ1n) is 12.0. The number of amides is 2. The number of carbonyl (C=O) groups is 4. The number of esters is 1. The van der Waals surface area contributed by atoms with Crippen LogP contribution in [0.25, 0.3) is 0 Å². The van der Waals surface area contributed by atoms with Crippen molar-refractivity contribution >= 4 is 52.5 Å². The number of hydrogen-bond donors (Lipinski definition) is 0. The molecule has 0 spiro atoms. The maximum atomic E-state index is 13.4. The van der Waals surface area contributed by atoms with Gasteiger partial charge in [0.05, 0.1) is 28.1 Å². The Labute approximate surface area is 224 Å². The number of imide groups is 1. The molecule has 3 aromatic rings. The van der Waals surface area contributed by atoms with Gasteiger partial charge in [-0.15, -0.1) is 0 Å². The Balaban J connectivity index is 1.28. The third kappa shape index (κ3) is 5.04. The van der Waals surface area contributed by atoms with E-state index in [4.69, 9.17) is 27.9 Å². The molecule has 8 heteroatoms. The van der Waals surface area contributed by atoms with E-state index in [9.17, 15) is 19.2 Å². The Morgan fingerprint density at radius 1 is 0.865 bits per heavy atom. The maximum absolute atomic E-state index is 13.4. The lowest BCUT2D eigenvalue weighted by molar-refractivity contribution is -0.122. The van der Waals surface area contributed by atoms with Crippen LogP contribution in [0.1, 0.15) is 51.5 Å². The van der Waals surface area contributed by atoms with Crippen LogP contribution in [0.2, 0.25) is 10.0 Å². The van der Waals surface area contributed by atoms with Crippen molar-refractivity contribution in [2.24, 2.45) is 11.8 Å². The van der Waals surface area contributed by atoms with Gasteiger partial charge < -0.3 is 4.74 Å².